The van der Waals surface area contributed by atoms with E-state index in [-0.39, 0.29) is 0 Å². The molecule has 0 aromatic carbocycles. The smallest absolute Gasteiger partial charge is 0.0319 e. The molecule has 0 aliphatic rings. The Hall–Kier alpha value is 0.170. The van der Waals surface area contributed by atoms with Gasteiger partial charge in [0.05, 0.1) is 0 Å². The molecule has 0 N–H and O–H groups in total. The molecule has 0 amide bonds. The van der Waals surface area contributed by atoms with Crippen LogP contribution in [0.2, 0.25) is 0 Å². The normalized spacial score (nSPS) is 12.2. The minimum atomic E-state index is 1.07. The van der Waals surface area contributed by atoms with E-state index < -0.39 is 0 Å². The molecule has 0 nitrogen and oxygen atoms in total. The Balaban J connectivity index is 2.87. The number of unbranched alkanes of at least 4 members (excludes halogenated alkanes) is 5. The summed E-state index contributed by atoms with van der Waals surface area (Å²) in [5.74, 6) is 2.35. The summed E-state index contributed by atoms with van der Waals surface area (Å²) >= 11 is 0. The van der Waals surface area contributed by atoms with Crippen LogP contribution in [0.1, 0.15) is 58.8 Å². The summed E-state index contributed by atoms with van der Waals surface area (Å²) in [7, 11) is 1.07. The summed E-state index contributed by atoms with van der Waals surface area (Å²) in [6.07, 6.45) is 13.5. The third kappa shape index (κ3) is 12.2. The van der Waals surface area contributed by atoms with Crippen LogP contribution in [0.5, 0.6) is 0 Å². The molecule has 1 unspecified atom stereocenters. The van der Waals surface area contributed by atoms with Crippen LogP contribution in [-0.4, -0.2) is 6.16 Å². The van der Waals surface area contributed by atoms with Gasteiger partial charge < -0.3 is 0 Å². The topological polar surface area (TPSA) is 0 Å². The van der Waals surface area contributed by atoms with Crippen LogP contribution in [0.15, 0.2) is 11.9 Å². The fourth-order valence-corrected chi connectivity index (χ4v) is 2.32. The molecule has 0 radical (unpaired) electrons. The summed E-state index contributed by atoms with van der Waals surface area (Å²) in [6.45, 7) is 4.47. The molecule has 13 heavy (non-hydrogen) atoms. The number of hydrogen-bond donors (Lipinski definition) is 0. The molecule has 0 aliphatic heterocycles. The van der Waals surface area contributed by atoms with E-state index in [1.54, 1.807) is 0 Å². The lowest BCUT2D eigenvalue weighted by Gasteiger charge is -1.98. The van der Waals surface area contributed by atoms with Gasteiger partial charge in [0, 0.05) is 0 Å². The van der Waals surface area contributed by atoms with Gasteiger partial charge in [0.1, 0.15) is 0 Å². The van der Waals surface area contributed by atoms with Crippen LogP contribution in [0.4, 0.5) is 0 Å². The lowest BCUT2D eigenvalue weighted by atomic mass is 10.1. The van der Waals surface area contributed by atoms with Gasteiger partial charge in [0.25, 0.3) is 0 Å². The fourth-order valence-electron chi connectivity index (χ4n) is 1.29. The molecular formula is C12H25P. The summed E-state index contributed by atoms with van der Waals surface area (Å²) in [4.78, 5) is 0. The van der Waals surface area contributed by atoms with E-state index in [0.717, 1.165) is 8.58 Å². The molecule has 0 saturated heterocycles. The zero-order valence-corrected chi connectivity index (χ0v) is 10.3. The van der Waals surface area contributed by atoms with Gasteiger partial charge in [-0.1, -0.05) is 66.4 Å². The molecule has 0 bridgehead atoms. The predicted octanol–water partition coefficient (Wildman–Crippen LogP) is 4.95. The Morgan fingerprint density at radius 1 is 0.923 bits per heavy atom. The van der Waals surface area contributed by atoms with Crippen molar-refractivity contribution in [3.05, 3.63) is 11.9 Å². The van der Waals surface area contributed by atoms with Crippen LogP contribution in [0.25, 0.3) is 0 Å². The van der Waals surface area contributed by atoms with Gasteiger partial charge in [-0.2, -0.15) is 0 Å². The molecule has 1 atom stereocenters. The molecule has 0 aromatic heterocycles. The Morgan fingerprint density at radius 2 is 1.62 bits per heavy atom. The first-order valence-electron chi connectivity index (χ1n) is 5.80. The average Bonchev–Trinajstić information content (AvgIpc) is 2.16. The lowest BCUT2D eigenvalue weighted by molar-refractivity contribution is 0.626. The first-order valence-corrected chi connectivity index (χ1v) is 7.08. The van der Waals surface area contributed by atoms with Crippen molar-refractivity contribution in [2.75, 3.05) is 6.16 Å². The summed E-state index contributed by atoms with van der Waals surface area (Å²) in [5.41, 5.74) is 0. The van der Waals surface area contributed by atoms with Gasteiger partial charge in [-0.25, -0.2) is 0 Å². The minimum absolute atomic E-state index is 1.07. The SMILES string of the molecule is CCC=CPCCCCCCCC. The van der Waals surface area contributed by atoms with Gasteiger partial charge in [-0.05, 0) is 19.0 Å². The van der Waals surface area contributed by atoms with Gasteiger partial charge in [0.15, 0.2) is 0 Å². The van der Waals surface area contributed by atoms with Gasteiger partial charge in [-0.15, -0.1) is 0 Å². The Kier molecular flexibility index (Phi) is 12.3. The highest BCUT2D eigenvalue weighted by molar-refractivity contribution is 7.41. The van der Waals surface area contributed by atoms with Gasteiger partial charge in [0.2, 0.25) is 0 Å². The van der Waals surface area contributed by atoms with Crippen molar-refractivity contribution in [3.63, 3.8) is 0 Å². The maximum Gasteiger partial charge on any atom is -0.0319 e. The second kappa shape index (κ2) is 12.2. The average molecular weight is 200 g/mol. The number of hydrogen-bond acceptors (Lipinski definition) is 0. The van der Waals surface area contributed by atoms with E-state index in [2.05, 4.69) is 25.7 Å². The molecule has 0 saturated carbocycles. The Bertz CT molecular complexity index is 108. The van der Waals surface area contributed by atoms with Crippen LogP contribution in [-0.2, 0) is 0 Å². The van der Waals surface area contributed by atoms with E-state index in [4.69, 9.17) is 0 Å². The van der Waals surface area contributed by atoms with Gasteiger partial charge >= 0.3 is 0 Å². The minimum Gasteiger partial charge on any atom is -0.0987 e. The molecule has 0 heterocycles. The highest BCUT2D eigenvalue weighted by Crippen LogP contribution is 2.16. The molecule has 0 fully saturated rings. The largest absolute Gasteiger partial charge is 0.0987 e. The molecule has 0 aliphatic carbocycles. The first-order chi connectivity index (χ1) is 6.41. The molecule has 0 spiro atoms. The van der Waals surface area contributed by atoms with E-state index in [0.29, 0.717) is 0 Å². The molecular weight excluding hydrogens is 175 g/mol. The molecule has 0 rings (SSSR count). The van der Waals surface area contributed by atoms with Crippen LogP contribution >= 0.6 is 8.58 Å². The van der Waals surface area contributed by atoms with Crippen molar-refractivity contribution >= 4 is 8.58 Å². The number of rotatable bonds is 9. The van der Waals surface area contributed by atoms with E-state index in [1.807, 2.05) is 0 Å². The van der Waals surface area contributed by atoms with Crippen molar-refractivity contribution in [1.82, 2.24) is 0 Å². The van der Waals surface area contributed by atoms with Crippen molar-refractivity contribution in [2.24, 2.45) is 0 Å². The van der Waals surface area contributed by atoms with E-state index >= 15 is 0 Å². The monoisotopic (exact) mass is 200 g/mol. The lowest BCUT2D eigenvalue weighted by Crippen LogP contribution is -1.79. The van der Waals surface area contributed by atoms with Gasteiger partial charge in [-0.3, -0.25) is 0 Å². The Labute approximate surface area is 86.0 Å². The second-order valence-corrected chi connectivity index (χ2v) is 4.77. The quantitative estimate of drug-likeness (QED) is 0.365. The zero-order chi connectivity index (χ0) is 9.78. The van der Waals surface area contributed by atoms with E-state index in [9.17, 15) is 0 Å². The van der Waals surface area contributed by atoms with Crippen molar-refractivity contribution in [2.45, 2.75) is 58.8 Å². The highest BCUT2D eigenvalue weighted by Gasteiger charge is 1.88. The van der Waals surface area contributed by atoms with Crippen molar-refractivity contribution < 1.29 is 0 Å². The third-order valence-electron chi connectivity index (χ3n) is 2.15. The number of allylic oxidation sites excluding steroid dienone is 1. The summed E-state index contributed by atoms with van der Waals surface area (Å²) in [5, 5.41) is 0. The fraction of sp³-hybridized carbons (Fsp3) is 0.833. The molecule has 78 valence electrons. The van der Waals surface area contributed by atoms with Crippen LogP contribution in [0.3, 0.4) is 0 Å². The van der Waals surface area contributed by atoms with Crippen molar-refractivity contribution in [3.8, 4) is 0 Å². The summed E-state index contributed by atoms with van der Waals surface area (Å²) < 4.78 is 0. The van der Waals surface area contributed by atoms with Crippen LogP contribution in [0, 0.1) is 0 Å². The zero-order valence-electron chi connectivity index (χ0n) is 9.31. The van der Waals surface area contributed by atoms with Crippen LogP contribution < -0.4 is 0 Å². The summed E-state index contributed by atoms with van der Waals surface area (Å²) in [6, 6.07) is 0. The predicted molar refractivity (Wildman–Crippen MR) is 66.0 cm³/mol. The van der Waals surface area contributed by atoms with E-state index in [1.165, 1.54) is 51.1 Å². The third-order valence-corrected chi connectivity index (χ3v) is 3.26. The second-order valence-electron chi connectivity index (χ2n) is 3.53. The maximum atomic E-state index is 2.35. The standard InChI is InChI=1S/C12H25P/c1-3-5-7-8-9-10-12-13-11-6-4-2/h6,11,13H,3-5,7-10,12H2,1-2H3. The molecule has 1 heteroatoms. The maximum absolute atomic E-state index is 2.35. The first kappa shape index (κ1) is 13.2. The highest BCUT2D eigenvalue weighted by atomic mass is 31.1. The van der Waals surface area contributed by atoms with Crippen molar-refractivity contribution in [1.29, 1.82) is 0 Å². The Morgan fingerprint density at radius 3 is 2.31 bits per heavy atom. The molecule has 0 aromatic rings.